The lowest BCUT2D eigenvalue weighted by molar-refractivity contribution is -0.130. The van der Waals surface area contributed by atoms with Crippen LogP contribution in [0.3, 0.4) is 0 Å². The third-order valence-corrected chi connectivity index (χ3v) is 5.50. The van der Waals surface area contributed by atoms with Gasteiger partial charge in [0.2, 0.25) is 11.8 Å². The van der Waals surface area contributed by atoms with Gasteiger partial charge in [-0.2, -0.15) is 0 Å². The predicted molar refractivity (Wildman–Crippen MR) is 104 cm³/mol. The van der Waals surface area contributed by atoms with Gasteiger partial charge in [0.25, 0.3) is 5.22 Å². The van der Waals surface area contributed by atoms with E-state index in [1.54, 1.807) is 18.2 Å². The first-order valence-electron chi connectivity index (χ1n) is 8.48. The normalized spacial score (nSPS) is 15.4. The van der Waals surface area contributed by atoms with Crippen LogP contribution >= 0.6 is 35.0 Å². The Bertz CT molecular complexity index is 763. The highest BCUT2D eigenvalue weighted by atomic mass is 35.5. The average Bonchev–Trinajstić information content (AvgIpc) is 3.09. The molecule has 1 aliphatic heterocycles. The summed E-state index contributed by atoms with van der Waals surface area (Å²) < 4.78 is 5.61. The second-order valence-corrected chi connectivity index (χ2v) is 7.78. The van der Waals surface area contributed by atoms with Gasteiger partial charge >= 0.3 is 0 Å². The summed E-state index contributed by atoms with van der Waals surface area (Å²) in [6.45, 7) is 6.68. The van der Waals surface area contributed by atoms with Crippen LogP contribution in [0.2, 0.25) is 10.0 Å². The van der Waals surface area contributed by atoms with Gasteiger partial charge in [-0.25, -0.2) is 0 Å². The third kappa shape index (κ3) is 4.91. The minimum atomic E-state index is 0.0930. The Morgan fingerprint density at radius 1 is 1.23 bits per heavy atom. The molecule has 1 aliphatic rings. The molecule has 1 aromatic heterocycles. The number of carbonyl (C=O) groups excluding carboxylic acids is 1. The van der Waals surface area contributed by atoms with Gasteiger partial charge < -0.3 is 9.32 Å². The molecule has 6 nitrogen and oxygen atoms in total. The Kier molecular flexibility index (Phi) is 6.80. The predicted octanol–water partition coefficient (Wildman–Crippen LogP) is 3.69. The van der Waals surface area contributed by atoms with Crippen molar-refractivity contribution < 1.29 is 9.21 Å². The number of amides is 1. The van der Waals surface area contributed by atoms with Crippen LogP contribution in [0.5, 0.6) is 0 Å². The molecule has 2 aromatic rings. The molecular weight excluding hydrogens is 395 g/mol. The summed E-state index contributed by atoms with van der Waals surface area (Å²) in [7, 11) is 0. The van der Waals surface area contributed by atoms with E-state index in [4.69, 9.17) is 27.6 Å². The maximum Gasteiger partial charge on any atom is 0.277 e. The summed E-state index contributed by atoms with van der Waals surface area (Å²) in [4.78, 5) is 16.6. The Morgan fingerprint density at radius 3 is 2.69 bits per heavy atom. The van der Waals surface area contributed by atoms with E-state index in [0.717, 1.165) is 39.1 Å². The Balaban J connectivity index is 1.53. The van der Waals surface area contributed by atoms with Crippen molar-refractivity contribution in [2.45, 2.75) is 18.6 Å². The second-order valence-electron chi connectivity index (χ2n) is 6.01. The molecule has 3 rings (SSSR count). The highest BCUT2D eigenvalue weighted by molar-refractivity contribution is 7.99. The summed E-state index contributed by atoms with van der Waals surface area (Å²) in [5.74, 6) is 0.689. The summed E-state index contributed by atoms with van der Waals surface area (Å²) in [5.41, 5.74) is 0.619. The van der Waals surface area contributed by atoms with Gasteiger partial charge in [-0.1, -0.05) is 41.9 Å². The van der Waals surface area contributed by atoms with E-state index in [0.29, 0.717) is 26.7 Å². The van der Waals surface area contributed by atoms with Crippen LogP contribution in [-0.2, 0) is 4.79 Å². The van der Waals surface area contributed by atoms with E-state index in [2.05, 4.69) is 22.0 Å². The summed E-state index contributed by atoms with van der Waals surface area (Å²) in [5, 5.41) is 9.32. The molecule has 0 unspecified atom stereocenters. The number of benzene rings is 1. The van der Waals surface area contributed by atoms with Crippen LogP contribution in [0.1, 0.15) is 13.3 Å². The van der Waals surface area contributed by atoms with Gasteiger partial charge in [0.15, 0.2) is 0 Å². The number of rotatable bonds is 6. The fourth-order valence-electron chi connectivity index (χ4n) is 2.79. The quantitative estimate of drug-likeness (QED) is 0.671. The van der Waals surface area contributed by atoms with E-state index in [1.165, 1.54) is 11.8 Å². The molecule has 1 aromatic carbocycles. The molecule has 1 fully saturated rings. The van der Waals surface area contributed by atoms with Gasteiger partial charge in [-0.05, 0) is 31.2 Å². The molecule has 0 bridgehead atoms. The van der Waals surface area contributed by atoms with Crippen LogP contribution in [0.15, 0.2) is 27.8 Å². The second kappa shape index (κ2) is 9.08. The van der Waals surface area contributed by atoms with Crippen molar-refractivity contribution in [2.75, 3.05) is 38.5 Å². The highest BCUT2D eigenvalue weighted by Crippen LogP contribution is 2.31. The average molecular weight is 415 g/mol. The van der Waals surface area contributed by atoms with Crippen molar-refractivity contribution in [3.8, 4) is 11.5 Å². The van der Waals surface area contributed by atoms with E-state index in [9.17, 15) is 4.79 Å². The van der Waals surface area contributed by atoms with Gasteiger partial charge in [-0.3, -0.25) is 9.69 Å². The molecule has 0 radical (unpaired) electrons. The molecule has 0 N–H and O–H groups in total. The van der Waals surface area contributed by atoms with Gasteiger partial charge in [0.1, 0.15) is 0 Å². The molecular formula is C17H20Cl2N4O2S. The van der Waals surface area contributed by atoms with E-state index >= 15 is 0 Å². The first-order valence-corrected chi connectivity index (χ1v) is 10.2. The topological polar surface area (TPSA) is 62.5 Å². The first kappa shape index (κ1) is 19.5. The maximum absolute atomic E-state index is 12.4. The first-order chi connectivity index (χ1) is 12.6. The van der Waals surface area contributed by atoms with Gasteiger partial charge in [0.05, 0.1) is 16.3 Å². The number of hydrogen-bond acceptors (Lipinski definition) is 6. The van der Waals surface area contributed by atoms with E-state index in [1.807, 2.05) is 4.90 Å². The number of piperazine rings is 1. The Labute approximate surface area is 166 Å². The molecule has 0 spiro atoms. The zero-order valence-corrected chi connectivity index (χ0v) is 16.8. The molecule has 2 heterocycles. The number of halogens is 2. The zero-order chi connectivity index (χ0) is 18.5. The molecule has 0 atom stereocenters. The molecule has 1 saturated heterocycles. The largest absolute Gasteiger partial charge is 0.411 e. The molecule has 140 valence electrons. The van der Waals surface area contributed by atoms with E-state index in [-0.39, 0.29) is 11.7 Å². The van der Waals surface area contributed by atoms with Gasteiger partial charge in [0, 0.05) is 31.2 Å². The Hall–Kier alpha value is -1.28. The monoisotopic (exact) mass is 414 g/mol. The molecule has 0 aliphatic carbocycles. The SMILES string of the molecule is CCCN1CCN(C(=O)CSc2nnc(-c3ccc(Cl)cc3Cl)o2)CC1. The van der Waals surface area contributed by atoms with Crippen molar-refractivity contribution >= 4 is 40.9 Å². The van der Waals surface area contributed by atoms with Crippen LogP contribution < -0.4 is 0 Å². The lowest BCUT2D eigenvalue weighted by Crippen LogP contribution is -2.49. The maximum atomic E-state index is 12.4. The summed E-state index contributed by atoms with van der Waals surface area (Å²) in [6, 6.07) is 5.06. The number of hydrogen-bond donors (Lipinski definition) is 0. The van der Waals surface area contributed by atoms with Crippen LogP contribution in [0, 0.1) is 0 Å². The smallest absolute Gasteiger partial charge is 0.277 e. The number of aromatic nitrogens is 2. The van der Waals surface area contributed by atoms with Crippen LogP contribution in [-0.4, -0.2) is 64.4 Å². The number of nitrogens with zero attached hydrogens (tertiary/aromatic N) is 4. The lowest BCUT2D eigenvalue weighted by atomic mass is 10.2. The Morgan fingerprint density at radius 2 is 2.00 bits per heavy atom. The molecule has 0 saturated carbocycles. The molecule has 26 heavy (non-hydrogen) atoms. The standard InChI is InChI=1S/C17H20Cl2N4O2S/c1-2-5-22-6-8-23(9-7-22)15(24)11-26-17-21-20-16(25-17)13-4-3-12(18)10-14(13)19/h3-4,10H,2,5-9,11H2,1H3. The molecule has 9 heteroatoms. The summed E-state index contributed by atoms with van der Waals surface area (Å²) >= 11 is 13.3. The fraction of sp³-hybridized carbons (Fsp3) is 0.471. The zero-order valence-electron chi connectivity index (χ0n) is 14.5. The number of carbonyl (C=O) groups is 1. The van der Waals surface area contributed by atoms with Crippen LogP contribution in [0.4, 0.5) is 0 Å². The van der Waals surface area contributed by atoms with Crippen molar-refractivity contribution in [3.63, 3.8) is 0 Å². The highest BCUT2D eigenvalue weighted by Gasteiger charge is 2.21. The van der Waals surface area contributed by atoms with Gasteiger partial charge in [-0.15, -0.1) is 10.2 Å². The minimum Gasteiger partial charge on any atom is -0.411 e. The summed E-state index contributed by atoms with van der Waals surface area (Å²) in [6.07, 6.45) is 1.14. The van der Waals surface area contributed by atoms with Crippen molar-refractivity contribution in [3.05, 3.63) is 28.2 Å². The lowest BCUT2D eigenvalue weighted by Gasteiger charge is -2.34. The molecule has 1 amide bonds. The van der Waals surface area contributed by atoms with E-state index < -0.39 is 0 Å². The van der Waals surface area contributed by atoms with Crippen LogP contribution in [0.25, 0.3) is 11.5 Å². The van der Waals surface area contributed by atoms with Crippen molar-refractivity contribution in [1.29, 1.82) is 0 Å². The third-order valence-electron chi connectivity index (χ3n) is 4.15. The number of thioether (sulfide) groups is 1. The minimum absolute atomic E-state index is 0.0930. The van der Waals surface area contributed by atoms with Crippen molar-refractivity contribution in [1.82, 2.24) is 20.0 Å². The fourth-order valence-corrected chi connectivity index (χ4v) is 3.95. The van der Waals surface area contributed by atoms with Crippen molar-refractivity contribution in [2.24, 2.45) is 0 Å².